The summed E-state index contributed by atoms with van der Waals surface area (Å²) in [6.07, 6.45) is 4.79. The van der Waals surface area contributed by atoms with Crippen molar-refractivity contribution in [2.24, 2.45) is 0 Å². The Morgan fingerprint density at radius 3 is 2.33 bits per heavy atom. The molecular weight excluding hydrogens is 376 g/mol. The Morgan fingerprint density at radius 1 is 1.03 bits per heavy atom. The molecule has 0 radical (unpaired) electrons. The first-order valence-corrected chi connectivity index (χ1v) is 11.7. The van der Waals surface area contributed by atoms with E-state index in [4.69, 9.17) is 9.47 Å². The fourth-order valence-electron chi connectivity index (χ4n) is 5.45. The molecular formula is C26H36O4. The summed E-state index contributed by atoms with van der Waals surface area (Å²) in [7, 11) is 0. The second-order valence-electron chi connectivity index (χ2n) is 9.39. The first-order valence-electron chi connectivity index (χ1n) is 11.7. The lowest BCUT2D eigenvalue weighted by molar-refractivity contribution is 0.102. The summed E-state index contributed by atoms with van der Waals surface area (Å²) in [4.78, 5) is 0. The maximum Gasteiger partial charge on any atom is 0.131 e. The second kappa shape index (κ2) is 8.39. The lowest BCUT2D eigenvalue weighted by atomic mass is 9.78. The molecule has 2 aliphatic rings. The molecule has 2 aromatic carbocycles. The Hall–Kier alpha value is -1.78. The molecule has 4 heteroatoms. The Labute approximate surface area is 180 Å². The number of rotatable bonds is 9. The number of hydrogen-bond donors (Lipinski definition) is 2. The molecule has 2 bridgehead atoms. The van der Waals surface area contributed by atoms with Gasteiger partial charge in [-0.3, -0.25) is 0 Å². The molecule has 1 saturated carbocycles. The van der Waals surface area contributed by atoms with Gasteiger partial charge in [-0.05, 0) is 55.4 Å². The van der Waals surface area contributed by atoms with E-state index in [2.05, 4.69) is 32.0 Å². The molecule has 0 amide bonds. The van der Waals surface area contributed by atoms with Crippen molar-refractivity contribution < 1.29 is 19.7 Å². The van der Waals surface area contributed by atoms with Gasteiger partial charge in [0.25, 0.3) is 0 Å². The van der Waals surface area contributed by atoms with Crippen molar-refractivity contribution in [3.8, 4) is 11.5 Å². The van der Waals surface area contributed by atoms with Crippen LogP contribution in [0.15, 0.2) is 18.2 Å². The summed E-state index contributed by atoms with van der Waals surface area (Å²) in [6.45, 7) is 9.10. The first-order chi connectivity index (χ1) is 14.4. The van der Waals surface area contributed by atoms with Crippen molar-refractivity contribution in [2.75, 3.05) is 13.2 Å². The summed E-state index contributed by atoms with van der Waals surface area (Å²) in [5, 5.41) is 22.6. The van der Waals surface area contributed by atoms with E-state index in [1.54, 1.807) is 0 Å². The molecule has 0 heterocycles. The highest BCUT2D eigenvalue weighted by Crippen LogP contribution is 2.64. The molecule has 164 valence electrons. The van der Waals surface area contributed by atoms with Gasteiger partial charge in [-0.15, -0.1) is 0 Å². The van der Waals surface area contributed by atoms with Gasteiger partial charge in [0.1, 0.15) is 24.7 Å². The number of aryl methyl sites for hydroxylation is 1. The van der Waals surface area contributed by atoms with E-state index in [0.29, 0.717) is 32.0 Å². The summed E-state index contributed by atoms with van der Waals surface area (Å²) >= 11 is 0. The Bertz CT molecular complexity index is 921. The van der Waals surface area contributed by atoms with Gasteiger partial charge >= 0.3 is 0 Å². The number of ether oxygens (including phenoxy) is 2. The van der Waals surface area contributed by atoms with E-state index >= 15 is 0 Å². The van der Waals surface area contributed by atoms with Gasteiger partial charge in [0.15, 0.2) is 0 Å². The molecule has 0 aliphatic heterocycles. The van der Waals surface area contributed by atoms with Gasteiger partial charge in [0, 0.05) is 21.9 Å². The molecule has 0 spiro atoms. The first kappa shape index (κ1) is 21.5. The monoisotopic (exact) mass is 412 g/mol. The summed E-state index contributed by atoms with van der Waals surface area (Å²) in [6, 6.07) is 6.38. The van der Waals surface area contributed by atoms with E-state index in [0.717, 1.165) is 41.5 Å². The van der Waals surface area contributed by atoms with Crippen LogP contribution in [0.25, 0.3) is 10.8 Å². The molecule has 2 aromatic rings. The fourth-order valence-corrected chi connectivity index (χ4v) is 5.45. The van der Waals surface area contributed by atoms with E-state index in [9.17, 15) is 10.2 Å². The molecule has 0 saturated heterocycles. The maximum atomic E-state index is 10.2. The molecule has 2 aliphatic carbocycles. The van der Waals surface area contributed by atoms with E-state index in [1.165, 1.54) is 23.1 Å². The van der Waals surface area contributed by atoms with Crippen LogP contribution in [0, 0.1) is 0 Å². The number of benzene rings is 2. The lowest BCUT2D eigenvalue weighted by Crippen LogP contribution is -2.23. The zero-order valence-corrected chi connectivity index (χ0v) is 18.8. The zero-order chi connectivity index (χ0) is 21.5. The number of hydrogen-bond acceptors (Lipinski definition) is 4. The van der Waals surface area contributed by atoms with Crippen molar-refractivity contribution in [1.29, 1.82) is 0 Å². The smallest absolute Gasteiger partial charge is 0.131 e. The number of aliphatic hydroxyl groups is 2. The largest absolute Gasteiger partial charge is 0.490 e. The molecule has 2 N–H and O–H groups in total. The zero-order valence-electron chi connectivity index (χ0n) is 18.8. The van der Waals surface area contributed by atoms with Crippen molar-refractivity contribution >= 4 is 10.8 Å². The maximum absolute atomic E-state index is 10.2. The van der Waals surface area contributed by atoms with Gasteiger partial charge in [-0.2, -0.15) is 0 Å². The SMILES string of the molecule is CCc1cccc2c(OCC(O)CC)c3c(c(OCC(O)CC)c12)C1CCC3(C)C1. The van der Waals surface area contributed by atoms with Crippen LogP contribution in [0.2, 0.25) is 0 Å². The third kappa shape index (κ3) is 3.48. The predicted octanol–water partition coefficient (Wildman–Crippen LogP) is 5.24. The van der Waals surface area contributed by atoms with Crippen LogP contribution in [0.1, 0.15) is 82.4 Å². The Morgan fingerprint density at radius 2 is 1.70 bits per heavy atom. The van der Waals surface area contributed by atoms with Crippen molar-refractivity contribution in [2.45, 2.75) is 89.8 Å². The summed E-state index contributed by atoms with van der Waals surface area (Å²) < 4.78 is 12.8. The molecule has 4 atom stereocenters. The summed E-state index contributed by atoms with van der Waals surface area (Å²) in [5.41, 5.74) is 3.90. The third-order valence-electron chi connectivity index (χ3n) is 7.28. The average Bonchev–Trinajstić information content (AvgIpc) is 3.29. The highest BCUT2D eigenvalue weighted by atomic mass is 16.5. The molecule has 1 fully saturated rings. The normalized spacial score (nSPS) is 24.1. The molecule has 4 rings (SSSR count). The van der Waals surface area contributed by atoms with Crippen LogP contribution in [0.3, 0.4) is 0 Å². The van der Waals surface area contributed by atoms with Crippen LogP contribution in [-0.2, 0) is 11.8 Å². The third-order valence-corrected chi connectivity index (χ3v) is 7.28. The van der Waals surface area contributed by atoms with E-state index in [-0.39, 0.29) is 5.41 Å². The number of aliphatic hydroxyl groups excluding tert-OH is 2. The second-order valence-corrected chi connectivity index (χ2v) is 9.39. The summed E-state index contributed by atoms with van der Waals surface area (Å²) in [5.74, 6) is 2.38. The minimum absolute atomic E-state index is 0.0877. The van der Waals surface area contributed by atoms with Crippen LogP contribution in [0.5, 0.6) is 11.5 Å². The highest BCUT2D eigenvalue weighted by molar-refractivity contribution is 5.99. The molecule has 30 heavy (non-hydrogen) atoms. The van der Waals surface area contributed by atoms with Crippen molar-refractivity contribution in [1.82, 2.24) is 0 Å². The van der Waals surface area contributed by atoms with E-state index in [1.807, 2.05) is 13.8 Å². The van der Waals surface area contributed by atoms with Crippen molar-refractivity contribution in [3.05, 3.63) is 34.9 Å². The van der Waals surface area contributed by atoms with Gasteiger partial charge in [0.2, 0.25) is 0 Å². The van der Waals surface area contributed by atoms with Crippen molar-refractivity contribution in [3.63, 3.8) is 0 Å². The topological polar surface area (TPSA) is 58.9 Å². The highest BCUT2D eigenvalue weighted by Gasteiger charge is 2.50. The van der Waals surface area contributed by atoms with Crippen LogP contribution < -0.4 is 9.47 Å². The lowest BCUT2D eigenvalue weighted by Gasteiger charge is -2.31. The quantitative estimate of drug-likeness (QED) is 0.591. The minimum Gasteiger partial charge on any atom is -0.490 e. The predicted molar refractivity (Wildman–Crippen MR) is 121 cm³/mol. The molecule has 0 aromatic heterocycles. The standard InChI is InChI=1S/C26H36O4/c1-5-16-9-8-10-20-21(16)25(30-15-19(28)7-3)22-17-11-12-26(4,13-17)23(22)24(20)29-14-18(27)6-2/h8-10,17-19,27-28H,5-7,11-15H2,1-4H3. The fraction of sp³-hybridized carbons (Fsp3) is 0.615. The van der Waals surface area contributed by atoms with E-state index < -0.39 is 12.2 Å². The van der Waals surface area contributed by atoms with Gasteiger partial charge in [0.05, 0.1) is 12.2 Å². The van der Waals surface area contributed by atoms with Crippen LogP contribution in [-0.4, -0.2) is 35.6 Å². The molecule has 4 unspecified atom stereocenters. The van der Waals surface area contributed by atoms with Gasteiger partial charge in [-0.1, -0.05) is 45.9 Å². The van der Waals surface area contributed by atoms with Gasteiger partial charge in [-0.25, -0.2) is 0 Å². The van der Waals surface area contributed by atoms with Crippen LogP contribution in [0.4, 0.5) is 0 Å². The molecule has 4 nitrogen and oxygen atoms in total. The van der Waals surface area contributed by atoms with Gasteiger partial charge < -0.3 is 19.7 Å². The Kier molecular flexibility index (Phi) is 6.00. The Balaban J connectivity index is 1.95. The minimum atomic E-state index is -0.466. The average molecular weight is 413 g/mol. The number of fused-ring (bicyclic) bond motifs is 6. The van der Waals surface area contributed by atoms with Crippen LogP contribution >= 0.6 is 0 Å².